The number of nitrogens with one attached hydrogen (secondary N) is 1. The third-order valence-corrected chi connectivity index (χ3v) is 3.40. The second-order valence-electron chi connectivity index (χ2n) is 4.09. The molecule has 0 radical (unpaired) electrons. The summed E-state index contributed by atoms with van der Waals surface area (Å²) in [6.07, 6.45) is -3.21. The number of aromatic nitrogens is 1. The third-order valence-electron chi connectivity index (χ3n) is 2.54. The van der Waals surface area contributed by atoms with Gasteiger partial charge in [-0.25, -0.2) is 4.98 Å². The zero-order valence-electron chi connectivity index (χ0n) is 11.2. The quantitative estimate of drug-likeness (QED) is 0.687. The molecule has 0 atom stereocenters. The van der Waals surface area contributed by atoms with E-state index < -0.39 is 11.7 Å². The third kappa shape index (κ3) is 3.72. The van der Waals surface area contributed by atoms with Crippen LogP contribution in [0.1, 0.15) is 16.8 Å². The van der Waals surface area contributed by atoms with Crippen molar-refractivity contribution in [1.82, 2.24) is 4.98 Å². The number of hydrogen-bond acceptors (Lipinski definition) is 5. The Balaban J connectivity index is 2.23. The average molecular weight is 315 g/mol. The van der Waals surface area contributed by atoms with E-state index in [4.69, 9.17) is 4.74 Å². The second-order valence-corrected chi connectivity index (χ2v) is 4.95. The lowest BCUT2D eigenvalue weighted by Crippen LogP contribution is -2.09. The fraction of sp³-hybridized carbons (Fsp3) is 0.231. The van der Waals surface area contributed by atoms with E-state index in [0.717, 1.165) is 11.8 Å². The predicted octanol–water partition coefficient (Wildman–Crippen LogP) is 3.92. The fourth-order valence-electron chi connectivity index (χ4n) is 1.67. The molecule has 0 unspecified atom stereocenters. The number of aryl methyl sites for hydroxylation is 1. The van der Waals surface area contributed by atoms with Crippen molar-refractivity contribution in [2.45, 2.75) is 13.1 Å². The van der Waals surface area contributed by atoms with E-state index in [-0.39, 0.29) is 11.3 Å². The van der Waals surface area contributed by atoms with Gasteiger partial charge in [-0.3, -0.25) is 5.43 Å². The van der Waals surface area contributed by atoms with Gasteiger partial charge in [0.2, 0.25) is 5.13 Å². The molecular weight excluding hydrogens is 303 g/mol. The Labute approximate surface area is 123 Å². The lowest BCUT2D eigenvalue weighted by atomic mass is 10.1. The summed E-state index contributed by atoms with van der Waals surface area (Å²) in [6.45, 7) is 1.83. The minimum atomic E-state index is -4.48. The topological polar surface area (TPSA) is 46.5 Å². The zero-order chi connectivity index (χ0) is 15.5. The molecule has 0 fully saturated rings. The summed E-state index contributed by atoms with van der Waals surface area (Å²) in [5.74, 6) is -0.258. The van der Waals surface area contributed by atoms with Gasteiger partial charge in [-0.15, -0.1) is 11.3 Å². The van der Waals surface area contributed by atoms with Crippen molar-refractivity contribution in [2.75, 3.05) is 12.5 Å². The van der Waals surface area contributed by atoms with Crippen molar-refractivity contribution in [3.8, 4) is 5.75 Å². The summed E-state index contributed by atoms with van der Waals surface area (Å²) in [4.78, 5) is 4.12. The van der Waals surface area contributed by atoms with Crippen LogP contribution in [0.15, 0.2) is 28.7 Å². The molecule has 1 heterocycles. The number of ether oxygens (including phenoxy) is 1. The molecule has 112 valence electrons. The maximum atomic E-state index is 12.9. The lowest BCUT2D eigenvalue weighted by Gasteiger charge is -2.13. The van der Waals surface area contributed by atoms with Crippen molar-refractivity contribution >= 4 is 22.7 Å². The van der Waals surface area contributed by atoms with Crippen LogP contribution >= 0.6 is 11.3 Å². The van der Waals surface area contributed by atoms with Gasteiger partial charge in [-0.2, -0.15) is 18.3 Å². The van der Waals surface area contributed by atoms with Crippen LogP contribution in [0, 0.1) is 6.92 Å². The van der Waals surface area contributed by atoms with Crippen LogP contribution in [0.3, 0.4) is 0 Å². The van der Waals surface area contributed by atoms with Gasteiger partial charge in [0.15, 0.2) is 0 Å². The van der Waals surface area contributed by atoms with E-state index in [2.05, 4.69) is 15.5 Å². The number of nitrogens with zero attached hydrogens (tertiary/aromatic N) is 2. The van der Waals surface area contributed by atoms with E-state index in [1.54, 1.807) is 0 Å². The van der Waals surface area contributed by atoms with Crippen molar-refractivity contribution < 1.29 is 17.9 Å². The molecule has 0 amide bonds. The Morgan fingerprint density at radius 2 is 2.14 bits per heavy atom. The van der Waals surface area contributed by atoms with Crippen LogP contribution in [0.2, 0.25) is 0 Å². The smallest absolute Gasteiger partial charge is 0.419 e. The van der Waals surface area contributed by atoms with Crippen LogP contribution in [0.4, 0.5) is 18.3 Å². The molecule has 1 N–H and O–H groups in total. The molecule has 0 aliphatic heterocycles. The van der Waals surface area contributed by atoms with Crippen LogP contribution < -0.4 is 10.2 Å². The molecule has 2 aromatic rings. The van der Waals surface area contributed by atoms with Crippen molar-refractivity contribution in [3.05, 3.63) is 40.4 Å². The van der Waals surface area contributed by atoms with Crippen LogP contribution in [-0.4, -0.2) is 18.3 Å². The van der Waals surface area contributed by atoms with Crippen molar-refractivity contribution in [1.29, 1.82) is 0 Å². The highest BCUT2D eigenvalue weighted by Crippen LogP contribution is 2.37. The van der Waals surface area contributed by atoms with Crippen molar-refractivity contribution in [3.63, 3.8) is 0 Å². The van der Waals surface area contributed by atoms with Gasteiger partial charge in [-0.05, 0) is 19.1 Å². The molecule has 0 bridgehead atoms. The molecule has 1 aromatic heterocycles. The number of hydrazone groups is 1. The number of rotatable bonds is 4. The number of para-hydroxylation sites is 1. The van der Waals surface area contributed by atoms with Gasteiger partial charge in [0.1, 0.15) is 5.75 Å². The molecule has 0 saturated heterocycles. The summed E-state index contributed by atoms with van der Waals surface area (Å²) < 4.78 is 43.4. The van der Waals surface area contributed by atoms with Crippen LogP contribution in [0.25, 0.3) is 0 Å². The first-order valence-corrected chi connectivity index (χ1v) is 6.75. The summed E-state index contributed by atoms with van der Waals surface area (Å²) in [6, 6.07) is 3.76. The van der Waals surface area contributed by atoms with E-state index in [1.807, 2.05) is 12.3 Å². The Morgan fingerprint density at radius 3 is 2.71 bits per heavy atom. The number of methoxy groups -OCH3 is 1. The number of benzene rings is 1. The van der Waals surface area contributed by atoms with Crippen LogP contribution in [-0.2, 0) is 6.18 Å². The molecule has 1 aromatic carbocycles. The maximum Gasteiger partial charge on any atom is 0.419 e. The molecule has 0 aliphatic carbocycles. The summed E-state index contributed by atoms with van der Waals surface area (Å²) in [5, 5.41) is 6.28. The van der Waals surface area contributed by atoms with E-state index in [1.165, 1.54) is 36.8 Å². The minimum Gasteiger partial charge on any atom is -0.495 e. The normalized spacial score (nSPS) is 11.9. The highest BCUT2D eigenvalue weighted by Gasteiger charge is 2.34. The largest absolute Gasteiger partial charge is 0.495 e. The first-order valence-electron chi connectivity index (χ1n) is 5.87. The molecule has 0 aliphatic rings. The molecule has 2 rings (SSSR count). The van der Waals surface area contributed by atoms with Crippen molar-refractivity contribution in [2.24, 2.45) is 5.10 Å². The Hall–Kier alpha value is -2.09. The lowest BCUT2D eigenvalue weighted by molar-refractivity contribution is -0.138. The standard InChI is InChI=1S/C13H12F3N3OS/c1-8-7-21-12(18-8)19-17-6-9-4-3-5-10(11(9)20-2)13(14,15)16/h3-7H,1-2H3,(H,18,19). The monoisotopic (exact) mass is 315 g/mol. The van der Waals surface area contributed by atoms with E-state index in [9.17, 15) is 13.2 Å². The van der Waals surface area contributed by atoms with E-state index in [0.29, 0.717) is 5.13 Å². The molecule has 8 heteroatoms. The fourth-order valence-corrected chi connectivity index (χ4v) is 2.31. The summed E-state index contributed by atoms with van der Waals surface area (Å²) >= 11 is 1.35. The highest BCUT2D eigenvalue weighted by atomic mass is 32.1. The summed E-state index contributed by atoms with van der Waals surface area (Å²) in [5.41, 5.74) is 2.90. The van der Waals surface area contributed by atoms with Gasteiger partial charge in [0.25, 0.3) is 0 Å². The van der Waals surface area contributed by atoms with Crippen LogP contribution in [0.5, 0.6) is 5.75 Å². The minimum absolute atomic E-state index is 0.230. The predicted molar refractivity (Wildman–Crippen MR) is 76.1 cm³/mol. The molecule has 0 saturated carbocycles. The average Bonchev–Trinajstić information content (AvgIpc) is 2.83. The molecule has 0 spiro atoms. The Kier molecular flexibility index (Phi) is 4.46. The number of thiazole rings is 1. The second kappa shape index (κ2) is 6.13. The Bertz CT molecular complexity index is 652. The first kappa shape index (κ1) is 15.3. The van der Waals surface area contributed by atoms with E-state index >= 15 is 0 Å². The van der Waals surface area contributed by atoms with Gasteiger partial charge in [-0.1, -0.05) is 6.07 Å². The molecular formula is C13H12F3N3OS. The maximum absolute atomic E-state index is 12.9. The molecule has 21 heavy (non-hydrogen) atoms. The number of alkyl halides is 3. The molecule has 4 nitrogen and oxygen atoms in total. The van der Waals surface area contributed by atoms with Gasteiger partial charge >= 0.3 is 6.18 Å². The Morgan fingerprint density at radius 1 is 1.38 bits per heavy atom. The SMILES string of the molecule is COc1c(C=NNc2nc(C)cs2)cccc1C(F)(F)F. The number of anilines is 1. The summed E-state index contributed by atoms with van der Waals surface area (Å²) in [7, 11) is 1.19. The highest BCUT2D eigenvalue weighted by molar-refractivity contribution is 7.13. The zero-order valence-corrected chi connectivity index (χ0v) is 12.0. The first-order chi connectivity index (χ1) is 9.91. The number of halogens is 3. The number of hydrogen-bond donors (Lipinski definition) is 1. The van der Waals surface area contributed by atoms with Gasteiger partial charge < -0.3 is 4.74 Å². The van der Waals surface area contributed by atoms with Gasteiger partial charge in [0, 0.05) is 10.9 Å². The van der Waals surface area contributed by atoms with Gasteiger partial charge in [0.05, 0.1) is 24.6 Å².